The summed E-state index contributed by atoms with van der Waals surface area (Å²) < 4.78 is 3.93. The standard InChI is InChI=1S/C23H24N6.CH2O3/c1-28-15-20(13-26-28)17-6-5-7-18(10-17)23-24-11-19(12-25-23)21-14-27-29(16-21)22-8-3-2-4-9-22;2-1(3)4/h5-7,10-16,22H,2-4,8-9H2,1H3;(H2,2,3,4). The van der Waals surface area contributed by atoms with Crippen molar-refractivity contribution in [3.05, 3.63) is 61.4 Å². The molecule has 1 aliphatic carbocycles. The third-order valence-electron chi connectivity index (χ3n) is 5.69. The van der Waals surface area contributed by atoms with Crippen molar-refractivity contribution in [2.45, 2.75) is 38.1 Å². The number of rotatable bonds is 4. The van der Waals surface area contributed by atoms with Crippen LogP contribution >= 0.6 is 0 Å². The lowest BCUT2D eigenvalue weighted by atomic mass is 9.96. The molecule has 1 fully saturated rings. The van der Waals surface area contributed by atoms with Gasteiger partial charge in [0.25, 0.3) is 0 Å². The molecule has 4 aromatic rings. The van der Waals surface area contributed by atoms with Crippen LogP contribution in [-0.2, 0) is 7.05 Å². The lowest BCUT2D eigenvalue weighted by Gasteiger charge is -2.21. The van der Waals surface area contributed by atoms with Gasteiger partial charge in [-0.3, -0.25) is 9.36 Å². The van der Waals surface area contributed by atoms with Crippen LogP contribution < -0.4 is 0 Å². The molecule has 1 aromatic carbocycles. The van der Waals surface area contributed by atoms with Crippen LogP contribution in [0.4, 0.5) is 4.79 Å². The number of aryl methyl sites for hydroxylation is 1. The molecular formula is C24H26N6O3. The van der Waals surface area contributed by atoms with Crippen molar-refractivity contribution >= 4 is 6.16 Å². The normalized spacial score (nSPS) is 13.8. The average Bonchev–Trinajstić information content (AvgIpc) is 3.49. The van der Waals surface area contributed by atoms with Gasteiger partial charge in [0.1, 0.15) is 0 Å². The highest BCUT2D eigenvalue weighted by Gasteiger charge is 2.16. The molecule has 0 aliphatic heterocycles. The van der Waals surface area contributed by atoms with Gasteiger partial charge < -0.3 is 10.2 Å². The Morgan fingerprint density at radius 3 is 2.15 bits per heavy atom. The molecule has 2 N–H and O–H groups in total. The van der Waals surface area contributed by atoms with E-state index in [1.165, 1.54) is 32.1 Å². The Morgan fingerprint density at radius 2 is 1.48 bits per heavy atom. The van der Waals surface area contributed by atoms with Crippen LogP contribution in [0.3, 0.4) is 0 Å². The van der Waals surface area contributed by atoms with Crippen molar-refractivity contribution in [2.75, 3.05) is 0 Å². The van der Waals surface area contributed by atoms with E-state index in [1.54, 1.807) is 4.68 Å². The van der Waals surface area contributed by atoms with E-state index < -0.39 is 6.16 Å². The maximum absolute atomic E-state index is 8.56. The minimum absolute atomic E-state index is 0.535. The molecule has 5 rings (SSSR count). The van der Waals surface area contributed by atoms with Crippen LogP contribution in [0.25, 0.3) is 33.6 Å². The van der Waals surface area contributed by atoms with E-state index in [4.69, 9.17) is 15.0 Å². The molecule has 0 amide bonds. The predicted molar refractivity (Wildman–Crippen MR) is 124 cm³/mol. The largest absolute Gasteiger partial charge is 0.503 e. The predicted octanol–water partition coefficient (Wildman–Crippen LogP) is 5.14. The Bertz CT molecular complexity index is 1200. The summed E-state index contributed by atoms with van der Waals surface area (Å²) >= 11 is 0. The van der Waals surface area contributed by atoms with Gasteiger partial charge in [0, 0.05) is 54.1 Å². The Hall–Kier alpha value is -4.01. The molecule has 0 radical (unpaired) electrons. The van der Waals surface area contributed by atoms with Crippen LogP contribution in [0.15, 0.2) is 61.4 Å². The number of hydrogen-bond acceptors (Lipinski definition) is 5. The molecule has 0 spiro atoms. The van der Waals surface area contributed by atoms with Crippen molar-refractivity contribution in [1.82, 2.24) is 29.5 Å². The molecule has 1 aliphatic rings. The first kappa shape index (κ1) is 22.2. The van der Waals surface area contributed by atoms with Crippen LogP contribution in [0.2, 0.25) is 0 Å². The van der Waals surface area contributed by atoms with E-state index in [0.29, 0.717) is 6.04 Å². The Labute approximate surface area is 191 Å². The van der Waals surface area contributed by atoms with Crippen molar-refractivity contribution in [3.63, 3.8) is 0 Å². The van der Waals surface area contributed by atoms with Crippen LogP contribution in [0.5, 0.6) is 0 Å². The van der Waals surface area contributed by atoms with Gasteiger partial charge in [-0.15, -0.1) is 0 Å². The minimum Gasteiger partial charge on any atom is -0.450 e. The molecule has 9 heteroatoms. The fourth-order valence-corrected chi connectivity index (χ4v) is 4.07. The second-order valence-corrected chi connectivity index (χ2v) is 8.06. The number of benzene rings is 1. The summed E-state index contributed by atoms with van der Waals surface area (Å²) in [7, 11) is 1.92. The van der Waals surface area contributed by atoms with Gasteiger partial charge in [0.05, 0.1) is 18.4 Å². The van der Waals surface area contributed by atoms with E-state index >= 15 is 0 Å². The smallest absolute Gasteiger partial charge is 0.450 e. The van der Waals surface area contributed by atoms with Crippen LogP contribution in [0, 0.1) is 0 Å². The summed E-state index contributed by atoms with van der Waals surface area (Å²) in [6.07, 6.45) is 16.3. The minimum atomic E-state index is -1.83. The third-order valence-corrected chi connectivity index (χ3v) is 5.69. The highest BCUT2D eigenvalue weighted by Crippen LogP contribution is 2.29. The highest BCUT2D eigenvalue weighted by atomic mass is 16.6. The van der Waals surface area contributed by atoms with E-state index in [2.05, 4.69) is 43.2 Å². The van der Waals surface area contributed by atoms with Gasteiger partial charge in [-0.1, -0.05) is 37.5 Å². The molecule has 0 atom stereocenters. The SMILES string of the molecule is Cn1cc(-c2cccc(-c3ncc(-c4cnn(C5CCCCC5)c4)cn3)c2)cn1.O=C(O)O. The van der Waals surface area contributed by atoms with E-state index in [9.17, 15) is 0 Å². The van der Waals surface area contributed by atoms with E-state index in [1.807, 2.05) is 50.2 Å². The van der Waals surface area contributed by atoms with E-state index in [0.717, 1.165) is 33.6 Å². The first-order chi connectivity index (χ1) is 16.0. The Balaban J connectivity index is 0.000000601. The molecule has 3 aromatic heterocycles. The molecule has 1 saturated carbocycles. The summed E-state index contributed by atoms with van der Waals surface area (Å²) in [5.74, 6) is 0.721. The number of hydrogen-bond donors (Lipinski definition) is 2. The van der Waals surface area contributed by atoms with Crippen molar-refractivity contribution in [1.29, 1.82) is 0 Å². The first-order valence-corrected chi connectivity index (χ1v) is 10.9. The Kier molecular flexibility index (Phi) is 6.77. The second-order valence-electron chi connectivity index (χ2n) is 8.06. The van der Waals surface area contributed by atoms with E-state index in [-0.39, 0.29) is 0 Å². The van der Waals surface area contributed by atoms with Gasteiger partial charge in [-0.05, 0) is 24.5 Å². The fourth-order valence-electron chi connectivity index (χ4n) is 4.07. The molecule has 170 valence electrons. The summed E-state index contributed by atoms with van der Waals surface area (Å²) in [6.45, 7) is 0. The average molecular weight is 447 g/mol. The zero-order chi connectivity index (χ0) is 23.2. The lowest BCUT2D eigenvalue weighted by molar-refractivity contribution is 0.137. The monoisotopic (exact) mass is 446 g/mol. The van der Waals surface area contributed by atoms with Crippen LogP contribution in [0.1, 0.15) is 38.1 Å². The second kappa shape index (κ2) is 10.1. The van der Waals surface area contributed by atoms with Crippen molar-refractivity contribution in [3.8, 4) is 33.6 Å². The van der Waals surface area contributed by atoms with Gasteiger partial charge in [0.15, 0.2) is 5.82 Å². The molecule has 0 unspecified atom stereocenters. The molecule has 3 heterocycles. The topological polar surface area (TPSA) is 119 Å². The maximum Gasteiger partial charge on any atom is 0.503 e. The molecule has 0 saturated heterocycles. The zero-order valence-electron chi connectivity index (χ0n) is 18.4. The summed E-state index contributed by atoms with van der Waals surface area (Å²) in [4.78, 5) is 17.8. The fraction of sp³-hybridized carbons (Fsp3) is 0.292. The number of carboxylic acid groups (broad SMARTS) is 2. The molecule has 33 heavy (non-hydrogen) atoms. The maximum atomic E-state index is 8.56. The highest BCUT2D eigenvalue weighted by molar-refractivity contribution is 5.70. The molecule has 9 nitrogen and oxygen atoms in total. The third kappa shape index (κ3) is 5.62. The van der Waals surface area contributed by atoms with Crippen molar-refractivity contribution < 1.29 is 15.0 Å². The quantitative estimate of drug-likeness (QED) is 0.446. The van der Waals surface area contributed by atoms with Gasteiger partial charge >= 0.3 is 6.16 Å². The number of carbonyl (C=O) groups is 1. The molecule has 0 bridgehead atoms. The summed E-state index contributed by atoms with van der Waals surface area (Å²) in [5, 5.41) is 22.8. The Morgan fingerprint density at radius 1 is 0.848 bits per heavy atom. The van der Waals surface area contributed by atoms with Gasteiger partial charge in [0.2, 0.25) is 0 Å². The first-order valence-electron chi connectivity index (χ1n) is 10.9. The van der Waals surface area contributed by atoms with Gasteiger partial charge in [-0.25, -0.2) is 14.8 Å². The van der Waals surface area contributed by atoms with Crippen molar-refractivity contribution in [2.24, 2.45) is 7.05 Å². The number of aromatic nitrogens is 6. The summed E-state index contributed by atoms with van der Waals surface area (Å²) in [5.41, 5.74) is 5.26. The number of nitrogens with zero attached hydrogens (tertiary/aromatic N) is 6. The van der Waals surface area contributed by atoms with Crippen LogP contribution in [-0.4, -0.2) is 45.9 Å². The zero-order valence-corrected chi connectivity index (χ0v) is 18.4. The lowest BCUT2D eigenvalue weighted by Crippen LogP contribution is -2.12. The van der Waals surface area contributed by atoms with Gasteiger partial charge in [-0.2, -0.15) is 10.2 Å². The summed E-state index contributed by atoms with van der Waals surface area (Å²) in [6, 6.07) is 8.79. The molecular weight excluding hydrogens is 420 g/mol.